The van der Waals surface area contributed by atoms with Crippen LogP contribution in [0.15, 0.2) is 24.3 Å². The molecule has 0 unspecified atom stereocenters. The summed E-state index contributed by atoms with van der Waals surface area (Å²) in [6.07, 6.45) is 3.00. The van der Waals surface area contributed by atoms with Gasteiger partial charge in [0.2, 0.25) is 0 Å². The molecule has 15 heavy (non-hydrogen) atoms. The molecule has 1 atom stereocenters. The number of non-ortho nitro benzene ring substituents is 1. The Morgan fingerprint density at radius 1 is 1.53 bits per heavy atom. The van der Waals surface area contributed by atoms with Crippen molar-refractivity contribution < 1.29 is 4.92 Å². The average Bonchev–Trinajstić information content (AvgIpc) is 2.26. The maximum absolute atomic E-state index is 10.6. The van der Waals surface area contributed by atoms with E-state index < -0.39 is 4.92 Å². The van der Waals surface area contributed by atoms with E-state index >= 15 is 0 Å². The van der Waals surface area contributed by atoms with Crippen molar-refractivity contribution in [2.45, 2.75) is 32.2 Å². The first kappa shape index (κ1) is 11.7. The molecule has 0 saturated carbocycles. The highest BCUT2D eigenvalue weighted by Crippen LogP contribution is 2.21. The van der Waals surface area contributed by atoms with Crippen molar-refractivity contribution in [1.82, 2.24) is 0 Å². The van der Waals surface area contributed by atoms with Gasteiger partial charge in [-0.25, -0.2) is 0 Å². The van der Waals surface area contributed by atoms with Crippen molar-refractivity contribution in [2.75, 3.05) is 0 Å². The number of nitrogens with zero attached hydrogens (tertiary/aromatic N) is 1. The Labute approximate surface area is 89.2 Å². The molecule has 0 aliphatic heterocycles. The van der Waals surface area contributed by atoms with E-state index in [2.05, 4.69) is 6.92 Å². The summed E-state index contributed by atoms with van der Waals surface area (Å²) in [5, 5.41) is 10.6. The molecule has 82 valence electrons. The minimum atomic E-state index is -0.393. The van der Waals surface area contributed by atoms with Gasteiger partial charge in [0.25, 0.3) is 5.69 Å². The number of nitro benzene ring substituents is 1. The fraction of sp³-hybridized carbons (Fsp3) is 0.455. The Balaban J connectivity index is 2.76. The molecule has 0 aromatic heterocycles. The number of hydrogen-bond donors (Lipinski definition) is 1. The lowest BCUT2D eigenvalue weighted by Gasteiger charge is -2.10. The van der Waals surface area contributed by atoms with Crippen LogP contribution in [0.4, 0.5) is 5.69 Å². The smallest absolute Gasteiger partial charge is 0.269 e. The molecule has 0 bridgehead atoms. The maximum Gasteiger partial charge on any atom is 0.269 e. The van der Waals surface area contributed by atoms with Crippen molar-refractivity contribution in [3.05, 3.63) is 39.9 Å². The molecule has 0 heterocycles. The van der Waals surface area contributed by atoms with E-state index in [1.165, 1.54) is 6.07 Å². The van der Waals surface area contributed by atoms with Crippen LogP contribution in [-0.2, 0) is 0 Å². The molecule has 0 radical (unpaired) electrons. The van der Waals surface area contributed by atoms with Crippen LogP contribution in [0, 0.1) is 10.1 Å². The minimum absolute atomic E-state index is 0.0927. The summed E-state index contributed by atoms with van der Waals surface area (Å²) in [7, 11) is 0. The first-order valence-electron chi connectivity index (χ1n) is 5.15. The van der Waals surface area contributed by atoms with Crippen LogP contribution in [0.1, 0.15) is 37.8 Å². The van der Waals surface area contributed by atoms with E-state index in [4.69, 9.17) is 5.73 Å². The topological polar surface area (TPSA) is 69.2 Å². The van der Waals surface area contributed by atoms with Crippen LogP contribution < -0.4 is 5.73 Å². The van der Waals surface area contributed by atoms with Gasteiger partial charge in [-0.15, -0.1) is 0 Å². The normalized spacial score (nSPS) is 12.4. The summed E-state index contributed by atoms with van der Waals surface area (Å²) >= 11 is 0. The van der Waals surface area contributed by atoms with E-state index in [1.54, 1.807) is 12.1 Å². The van der Waals surface area contributed by atoms with Crippen LogP contribution in [0.25, 0.3) is 0 Å². The monoisotopic (exact) mass is 208 g/mol. The van der Waals surface area contributed by atoms with Gasteiger partial charge in [-0.1, -0.05) is 31.9 Å². The minimum Gasteiger partial charge on any atom is -0.324 e. The highest BCUT2D eigenvalue weighted by molar-refractivity contribution is 5.35. The summed E-state index contributed by atoms with van der Waals surface area (Å²) in [5.74, 6) is 0. The predicted octanol–water partition coefficient (Wildman–Crippen LogP) is 2.78. The molecule has 4 heteroatoms. The second-order valence-electron chi connectivity index (χ2n) is 3.60. The van der Waals surface area contributed by atoms with Crippen molar-refractivity contribution in [3.63, 3.8) is 0 Å². The Morgan fingerprint density at radius 3 is 2.87 bits per heavy atom. The summed E-state index contributed by atoms with van der Waals surface area (Å²) < 4.78 is 0. The van der Waals surface area contributed by atoms with Crippen LogP contribution in [-0.4, -0.2) is 4.92 Å². The number of hydrogen-bond acceptors (Lipinski definition) is 3. The van der Waals surface area contributed by atoms with Gasteiger partial charge in [0, 0.05) is 18.2 Å². The summed E-state index contributed by atoms with van der Waals surface area (Å²) in [6.45, 7) is 2.10. The molecule has 1 rings (SSSR count). The number of unbranched alkanes of at least 4 members (excludes halogenated alkanes) is 1. The molecular weight excluding hydrogens is 192 g/mol. The fourth-order valence-corrected chi connectivity index (χ4v) is 1.46. The first-order chi connectivity index (χ1) is 7.15. The van der Waals surface area contributed by atoms with E-state index in [1.807, 2.05) is 6.07 Å². The Hall–Kier alpha value is -1.42. The molecule has 0 aliphatic rings. The zero-order chi connectivity index (χ0) is 11.3. The number of nitro groups is 1. The molecule has 0 amide bonds. The molecule has 2 N–H and O–H groups in total. The molecule has 1 aromatic carbocycles. The largest absolute Gasteiger partial charge is 0.324 e. The van der Waals surface area contributed by atoms with E-state index in [0.29, 0.717) is 0 Å². The Morgan fingerprint density at radius 2 is 2.27 bits per heavy atom. The number of benzene rings is 1. The van der Waals surface area contributed by atoms with Crippen LogP contribution in [0.3, 0.4) is 0 Å². The number of rotatable bonds is 5. The Kier molecular flexibility index (Phi) is 4.24. The second kappa shape index (κ2) is 5.46. The zero-order valence-electron chi connectivity index (χ0n) is 8.85. The van der Waals surface area contributed by atoms with Gasteiger partial charge in [0.05, 0.1) is 4.92 Å². The van der Waals surface area contributed by atoms with Gasteiger partial charge in [-0.05, 0) is 12.0 Å². The summed E-state index contributed by atoms with van der Waals surface area (Å²) in [6, 6.07) is 6.47. The lowest BCUT2D eigenvalue weighted by Crippen LogP contribution is -2.10. The molecule has 0 saturated heterocycles. The van der Waals surface area contributed by atoms with Gasteiger partial charge in [0.1, 0.15) is 0 Å². The van der Waals surface area contributed by atoms with Crippen molar-refractivity contribution >= 4 is 5.69 Å². The van der Waals surface area contributed by atoms with Gasteiger partial charge < -0.3 is 5.73 Å². The van der Waals surface area contributed by atoms with Crippen molar-refractivity contribution in [1.29, 1.82) is 0 Å². The van der Waals surface area contributed by atoms with Gasteiger partial charge in [-0.2, -0.15) is 0 Å². The number of nitrogens with two attached hydrogens (primary N) is 1. The molecule has 0 aliphatic carbocycles. The standard InChI is InChI=1S/C11H16N2O2/c1-2-3-7-11(12)9-5-4-6-10(8-9)13(14)15/h4-6,8,11H,2-3,7,12H2,1H3/t11-/m0/s1. The third-order valence-electron chi connectivity index (χ3n) is 2.38. The zero-order valence-corrected chi connectivity index (χ0v) is 8.85. The predicted molar refractivity (Wildman–Crippen MR) is 59.5 cm³/mol. The fourth-order valence-electron chi connectivity index (χ4n) is 1.46. The molecule has 0 spiro atoms. The van der Waals surface area contributed by atoms with E-state index in [-0.39, 0.29) is 11.7 Å². The second-order valence-corrected chi connectivity index (χ2v) is 3.60. The SMILES string of the molecule is CCCC[C@H](N)c1cccc([N+](=O)[O-])c1. The summed E-state index contributed by atoms with van der Waals surface area (Å²) in [4.78, 5) is 10.2. The van der Waals surface area contributed by atoms with Crippen molar-refractivity contribution in [3.8, 4) is 0 Å². The molecular formula is C11H16N2O2. The highest BCUT2D eigenvalue weighted by Gasteiger charge is 2.10. The molecule has 4 nitrogen and oxygen atoms in total. The van der Waals surface area contributed by atoms with Gasteiger partial charge in [0.15, 0.2) is 0 Å². The average molecular weight is 208 g/mol. The highest BCUT2D eigenvalue weighted by atomic mass is 16.6. The first-order valence-corrected chi connectivity index (χ1v) is 5.15. The van der Waals surface area contributed by atoms with Crippen LogP contribution in [0.2, 0.25) is 0 Å². The third-order valence-corrected chi connectivity index (χ3v) is 2.38. The van der Waals surface area contributed by atoms with E-state index in [0.717, 1.165) is 24.8 Å². The third kappa shape index (κ3) is 3.32. The lowest BCUT2D eigenvalue weighted by atomic mass is 10.0. The quantitative estimate of drug-likeness (QED) is 0.597. The maximum atomic E-state index is 10.6. The van der Waals surface area contributed by atoms with Gasteiger partial charge in [-0.3, -0.25) is 10.1 Å². The molecule has 1 aromatic rings. The molecule has 0 fully saturated rings. The van der Waals surface area contributed by atoms with E-state index in [9.17, 15) is 10.1 Å². The van der Waals surface area contributed by atoms with Crippen LogP contribution >= 0.6 is 0 Å². The van der Waals surface area contributed by atoms with Crippen molar-refractivity contribution in [2.24, 2.45) is 5.73 Å². The lowest BCUT2D eigenvalue weighted by molar-refractivity contribution is -0.384. The van der Waals surface area contributed by atoms with Crippen LogP contribution in [0.5, 0.6) is 0 Å². The summed E-state index contributed by atoms with van der Waals surface area (Å²) in [5.41, 5.74) is 6.88. The Bertz CT molecular complexity index is 339. The van der Waals surface area contributed by atoms with Gasteiger partial charge >= 0.3 is 0 Å².